The summed E-state index contributed by atoms with van der Waals surface area (Å²) in [7, 11) is 0. The minimum absolute atomic E-state index is 0.0998. The van der Waals surface area contributed by atoms with E-state index >= 15 is 0 Å². The maximum atomic E-state index is 13.2. The Morgan fingerprint density at radius 1 is 1.17 bits per heavy atom. The van der Waals surface area contributed by atoms with E-state index in [9.17, 15) is 4.79 Å². The van der Waals surface area contributed by atoms with Gasteiger partial charge in [0.1, 0.15) is 6.23 Å². The van der Waals surface area contributed by atoms with Gasteiger partial charge >= 0.3 is 0 Å². The minimum atomic E-state index is -0.197. The zero-order valence-electron chi connectivity index (χ0n) is 15.9. The van der Waals surface area contributed by atoms with E-state index in [1.54, 1.807) is 0 Å². The second-order valence-corrected chi connectivity index (χ2v) is 7.51. The molecule has 1 heterocycles. The molecule has 1 aliphatic rings. The predicted octanol–water partition coefficient (Wildman–Crippen LogP) is 5.26. The average Bonchev–Trinajstić information content (AvgIpc) is 2.79. The lowest BCUT2D eigenvalue weighted by Crippen LogP contribution is -2.48. The molecule has 0 radical (unpaired) electrons. The SMILES string of the molecule is CCCC1(CCC)O[C@@H](C)N(C(=O)c2ccccc2)[C@H]1CC(C)C. The molecule has 0 unspecified atom stereocenters. The van der Waals surface area contributed by atoms with E-state index in [0.717, 1.165) is 37.7 Å². The van der Waals surface area contributed by atoms with Crippen molar-refractivity contribution in [2.45, 2.75) is 84.6 Å². The van der Waals surface area contributed by atoms with Crippen molar-refractivity contribution in [1.82, 2.24) is 4.90 Å². The molecule has 1 fully saturated rings. The van der Waals surface area contributed by atoms with Gasteiger partial charge in [-0.05, 0) is 44.2 Å². The van der Waals surface area contributed by atoms with E-state index in [2.05, 4.69) is 27.7 Å². The van der Waals surface area contributed by atoms with Gasteiger partial charge in [0.15, 0.2) is 0 Å². The average molecular weight is 332 g/mol. The summed E-state index contributed by atoms with van der Waals surface area (Å²) in [5.41, 5.74) is 0.558. The highest BCUT2D eigenvalue weighted by molar-refractivity contribution is 5.94. The number of amides is 1. The van der Waals surface area contributed by atoms with E-state index in [1.165, 1.54) is 0 Å². The molecule has 24 heavy (non-hydrogen) atoms. The molecule has 2 atom stereocenters. The molecule has 0 bridgehead atoms. The Kier molecular flexibility index (Phi) is 6.45. The van der Waals surface area contributed by atoms with Gasteiger partial charge in [-0.3, -0.25) is 4.79 Å². The maximum Gasteiger partial charge on any atom is 0.256 e. The lowest BCUT2D eigenvalue weighted by molar-refractivity contribution is -0.0605. The van der Waals surface area contributed by atoms with Crippen LogP contribution in [0, 0.1) is 5.92 Å². The number of ether oxygens (including phenoxy) is 1. The third-order valence-electron chi connectivity index (χ3n) is 5.04. The molecule has 0 spiro atoms. The molecule has 0 aliphatic carbocycles. The highest BCUT2D eigenvalue weighted by Gasteiger charge is 2.52. The number of carbonyl (C=O) groups is 1. The molecule has 0 aromatic heterocycles. The zero-order valence-corrected chi connectivity index (χ0v) is 15.9. The summed E-state index contributed by atoms with van der Waals surface area (Å²) in [6.07, 6.45) is 5.01. The third-order valence-corrected chi connectivity index (χ3v) is 5.04. The Bertz CT molecular complexity index is 520. The topological polar surface area (TPSA) is 29.5 Å². The molecule has 0 N–H and O–H groups in total. The summed E-state index contributed by atoms with van der Waals surface area (Å²) in [5, 5.41) is 0. The molecular weight excluding hydrogens is 298 g/mol. The first-order valence-corrected chi connectivity index (χ1v) is 9.50. The number of benzene rings is 1. The van der Waals surface area contributed by atoms with Crippen molar-refractivity contribution < 1.29 is 9.53 Å². The van der Waals surface area contributed by atoms with Crippen LogP contribution in [0.25, 0.3) is 0 Å². The highest BCUT2D eigenvalue weighted by Crippen LogP contribution is 2.43. The van der Waals surface area contributed by atoms with Crippen molar-refractivity contribution in [3.05, 3.63) is 35.9 Å². The first-order valence-electron chi connectivity index (χ1n) is 9.50. The molecule has 1 aliphatic heterocycles. The van der Waals surface area contributed by atoms with E-state index in [0.29, 0.717) is 5.92 Å². The van der Waals surface area contributed by atoms with Crippen molar-refractivity contribution in [3.63, 3.8) is 0 Å². The molecule has 3 heteroatoms. The maximum absolute atomic E-state index is 13.2. The van der Waals surface area contributed by atoms with Crippen LogP contribution in [0.4, 0.5) is 0 Å². The third kappa shape index (κ3) is 3.83. The fourth-order valence-electron chi connectivity index (χ4n) is 4.22. The molecule has 1 aromatic rings. The Morgan fingerprint density at radius 2 is 1.75 bits per heavy atom. The molecule has 1 amide bonds. The molecule has 1 aromatic carbocycles. The summed E-state index contributed by atoms with van der Waals surface area (Å²) < 4.78 is 6.50. The van der Waals surface area contributed by atoms with Crippen molar-refractivity contribution >= 4 is 5.91 Å². The number of nitrogens with zero attached hydrogens (tertiary/aromatic N) is 1. The minimum Gasteiger partial charge on any atom is -0.350 e. The Balaban J connectivity index is 2.39. The normalized spacial score (nSPS) is 23.0. The molecule has 3 nitrogen and oxygen atoms in total. The lowest BCUT2D eigenvalue weighted by atomic mass is 9.81. The zero-order chi connectivity index (χ0) is 17.7. The first kappa shape index (κ1) is 19.0. The van der Waals surface area contributed by atoms with Crippen LogP contribution in [0.2, 0.25) is 0 Å². The molecule has 0 saturated carbocycles. The van der Waals surface area contributed by atoms with Crippen LogP contribution in [-0.2, 0) is 4.74 Å². The second-order valence-electron chi connectivity index (χ2n) is 7.51. The number of carbonyl (C=O) groups excluding carboxylic acids is 1. The van der Waals surface area contributed by atoms with Gasteiger partial charge < -0.3 is 9.64 Å². The van der Waals surface area contributed by atoms with E-state index in [-0.39, 0.29) is 23.8 Å². The van der Waals surface area contributed by atoms with Crippen LogP contribution in [0.1, 0.15) is 77.1 Å². The van der Waals surface area contributed by atoms with Crippen LogP contribution in [0.15, 0.2) is 30.3 Å². The van der Waals surface area contributed by atoms with Crippen LogP contribution in [0.5, 0.6) is 0 Å². The van der Waals surface area contributed by atoms with Crippen LogP contribution >= 0.6 is 0 Å². The molecule has 134 valence electrons. The molecule has 1 saturated heterocycles. The Morgan fingerprint density at radius 3 is 2.25 bits per heavy atom. The van der Waals surface area contributed by atoms with Gasteiger partial charge in [-0.2, -0.15) is 0 Å². The summed E-state index contributed by atoms with van der Waals surface area (Å²) >= 11 is 0. The van der Waals surface area contributed by atoms with Gasteiger partial charge in [0.25, 0.3) is 5.91 Å². The van der Waals surface area contributed by atoms with Crippen molar-refractivity contribution in [2.75, 3.05) is 0 Å². The summed E-state index contributed by atoms with van der Waals surface area (Å²) in [4.78, 5) is 15.2. The van der Waals surface area contributed by atoms with Crippen LogP contribution in [0.3, 0.4) is 0 Å². The van der Waals surface area contributed by atoms with Gasteiger partial charge in [0.05, 0.1) is 11.6 Å². The largest absolute Gasteiger partial charge is 0.350 e. The number of hydrogen-bond acceptors (Lipinski definition) is 2. The summed E-state index contributed by atoms with van der Waals surface area (Å²) in [5.74, 6) is 0.630. The van der Waals surface area contributed by atoms with Crippen LogP contribution < -0.4 is 0 Å². The van der Waals surface area contributed by atoms with Gasteiger partial charge in [0.2, 0.25) is 0 Å². The number of hydrogen-bond donors (Lipinski definition) is 0. The van der Waals surface area contributed by atoms with E-state index < -0.39 is 0 Å². The van der Waals surface area contributed by atoms with E-state index in [1.807, 2.05) is 42.2 Å². The summed E-state index contributed by atoms with van der Waals surface area (Å²) in [6, 6.07) is 9.77. The van der Waals surface area contributed by atoms with Crippen molar-refractivity contribution in [1.29, 1.82) is 0 Å². The van der Waals surface area contributed by atoms with Gasteiger partial charge in [0, 0.05) is 5.56 Å². The molecule has 2 rings (SSSR count). The van der Waals surface area contributed by atoms with Crippen molar-refractivity contribution in [3.8, 4) is 0 Å². The fourth-order valence-corrected chi connectivity index (χ4v) is 4.22. The smallest absolute Gasteiger partial charge is 0.256 e. The van der Waals surface area contributed by atoms with Gasteiger partial charge in [-0.15, -0.1) is 0 Å². The van der Waals surface area contributed by atoms with E-state index in [4.69, 9.17) is 4.74 Å². The Labute approximate surface area is 147 Å². The predicted molar refractivity (Wildman–Crippen MR) is 98.9 cm³/mol. The van der Waals surface area contributed by atoms with Crippen molar-refractivity contribution in [2.24, 2.45) is 5.92 Å². The van der Waals surface area contributed by atoms with Gasteiger partial charge in [-0.1, -0.05) is 58.7 Å². The standard InChI is InChI=1S/C21H33NO2/c1-6-13-21(14-7-2)19(15-16(3)4)22(17(5)24-21)20(23)18-11-9-8-10-12-18/h8-12,16-17,19H,6-7,13-15H2,1-5H3/t17-,19-/m0/s1. The van der Waals surface area contributed by atoms with Crippen LogP contribution in [-0.4, -0.2) is 28.7 Å². The lowest BCUT2D eigenvalue weighted by Gasteiger charge is -2.37. The monoisotopic (exact) mass is 331 g/mol. The summed E-state index contributed by atoms with van der Waals surface area (Å²) in [6.45, 7) is 10.9. The quantitative estimate of drug-likeness (QED) is 0.682. The first-order chi connectivity index (χ1) is 11.4. The Hall–Kier alpha value is -1.35. The van der Waals surface area contributed by atoms with Gasteiger partial charge in [-0.25, -0.2) is 0 Å². The number of rotatable bonds is 7. The second kappa shape index (κ2) is 8.15. The molecular formula is C21H33NO2. The fraction of sp³-hybridized carbons (Fsp3) is 0.667. The highest BCUT2D eigenvalue weighted by atomic mass is 16.5.